The molecule has 0 bridgehead atoms. The summed E-state index contributed by atoms with van der Waals surface area (Å²) in [5.41, 5.74) is 1.97. The van der Waals surface area contributed by atoms with Gasteiger partial charge in [-0.15, -0.1) is 10.2 Å². The summed E-state index contributed by atoms with van der Waals surface area (Å²) in [5.74, 6) is 0.0661. The van der Waals surface area contributed by atoms with Gasteiger partial charge in [0.15, 0.2) is 5.69 Å². The Bertz CT molecular complexity index is 739. The second kappa shape index (κ2) is 5.97. The SMILES string of the molecule is COc1ccc(C(=O)NC2CCCc3[nH]c(=O)ccc32)nn1. The van der Waals surface area contributed by atoms with Crippen molar-refractivity contribution in [1.29, 1.82) is 0 Å². The van der Waals surface area contributed by atoms with E-state index in [4.69, 9.17) is 4.74 Å². The highest BCUT2D eigenvalue weighted by molar-refractivity contribution is 5.92. The number of hydrogen-bond acceptors (Lipinski definition) is 5. The summed E-state index contributed by atoms with van der Waals surface area (Å²) in [6.45, 7) is 0. The Morgan fingerprint density at radius 1 is 1.32 bits per heavy atom. The first-order chi connectivity index (χ1) is 10.7. The summed E-state index contributed by atoms with van der Waals surface area (Å²) in [5, 5.41) is 10.6. The average molecular weight is 300 g/mol. The molecule has 2 aromatic rings. The van der Waals surface area contributed by atoms with Gasteiger partial charge < -0.3 is 15.0 Å². The molecule has 1 atom stereocenters. The Balaban J connectivity index is 1.78. The summed E-state index contributed by atoms with van der Waals surface area (Å²) in [6.07, 6.45) is 2.56. The molecule has 0 radical (unpaired) electrons. The van der Waals surface area contributed by atoms with Crippen LogP contribution in [0.15, 0.2) is 29.1 Å². The number of ether oxygens (including phenoxy) is 1. The molecule has 2 N–H and O–H groups in total. The van der Waals surface area contributed by atoms with E-state index in [1.807, 2.05) is 0 Å². The van der Waals surface area contributed by atoms with Gasteiger partial charge in [-0.2, -0.15) is 0 Å². The number of amides is 1. The fourth-order valence-electron chi connectivity index (χ4n) is 2.63. The van der Waals surface area contributed by atoms with E-state index in [0.29, 0.717) is 5.88 Å². The van der Waals surface area contributed by atoms with Crippen LogP contribution in [0.1, 0.15) is 40.6 Å². The minimum absolute atomic E-state index is 0.119. The molecule has 2 aromatic heterocycles. The van der Waals surface area contributed by atoms with Crippen LogP contribution in [-0.4, -0.2) is 28.2 Å². The number of hydrogen-bond donors (Lipinski definition) is 2. The number of fused-ring (bicyclic) bond motifs is 1. The number of carbonyl (C=O) groups is 1. The second-order valence-electron chi connectivity index (χ2n) is 5.14. The lowest BCUT2D eigenvalue weighted by Gasteiger charge is -2.25. The number of aryl methyl sites for hydroxylation is 1. The number of rotatable bonds is 3. The Hall–Kier alpha value is -2.70. The molecule has 1 aliphatic carbocycles. The zero-order valence-corrected chi connectivity index (χ0v) is 12.1. The normalized spacial score (nSPS) is 16.7. The summed E-state index contributed by atoms with van der Waals surface area (Å²) in [6, 6.07) is 6.29. The van der Waals surface area contributed by atoms with Crippen LogP contribution in [0.25, 0.3) is 0 Å². The van der Waals surface area contributed by atoms with Crippen LogP contribution in [0.5, 0.6) is 5.88 Å². The summed E-state index contributed by atoms with van der Waals surface area (Å²) < 4.78 is 4.92. The highest BCUT2D eigenvalue weighted by atomic mass is 16.5. The maximum atomic E-state index is 12.3. The first-order valence-corrected chi connectivity index (χ1v) is 7.08. The zero-order valence-electron chi connectivity index (χ0n) is 12.1. The molecule has 0 saturated heterocycles. The van der Waals surface area contributed by atoms with Crippen molar-refractivity contribution in [3.8, 4) is 5.88 Å². The molecule has 0 saturated carbocycles. The standard InChI is InChI=1S/C15H16N4O3/c1-22-14-8-6-12(18-19-14)15(21)17-11-4-2-3-10-9(11)5-7-13(20)16-10/h5-8,11H,2-4H2,1H3,(H,16,20)(H,17,21). The number of nitrogens with one attached hydrogen (secondary N) is 2. The smallest absolute Gasteiger partial charge is 0.272 e. The van der Waals surface area contributed by atoms with Gasteiger partial charge in [0.1, 0.15) is 0 Å². The number of H-pyrrole nitrogens is 1. The Kier molecular flexibility index (Phi) is 3.86. The quantitative estimate of drug-likeness (QED) is 0.880. The van der Waals surface area contributed by atoms with Crippen molar-refractivity contribution in [2.24, 2.45) is 0 Å². The van der Waals surface area contributed by atoms with E-state index in [1.165, 1.54) is 13.2 Å². The first-order valence-electron chi connectivity index (χ1n) is 7.08. The van der Waals surface area contributed by atoms with E-state index in [0.717, 1.165) is 30.5 Å². The van der Waals surface area contributed by atoms with E-state index >= 15 is 0 Å². The molecule has 2 heterocycles. The van der Waals surface area contributed by atoms with Crippen LogP contribution in [0.3, 0.4) is 0 Å². The Morgan fingerprint density at radius 3 is 2.91 bits per heavy atom. The lowest BCUT2D eigenvalue weighted by atomic mass is 9.91. The van der Waals surface area contributed by atoms with Crippen LogP contribution < -0.4 is 15.6 Å². The first kappa shape index (κ1) is 14.2. The molecule has 22 heavy (non-hydrogen) atoms. The molecule has 0 spiro atoms. The van der Waals surface area contributed by atoms with E-state index < -0.39 is 0 Å². The van der Waals surface area contributed by atoms with Crippen molar-refractivity contribution < 1.29 is 9.53 Å². The molecule has 1 amide bonds. The molecule has 0 aromatic carbocycles. The number of pyridine rings is 1. The third-order valence-electron chi connectivity index (χ3n) is 3.72. The lowest BCUT2D eigenvalue weighted by Crippen LogP contribution is -2.32. The molecular weight excluding hydrogens is 284 g/mol. The molecule has 7 heteroatoms. The van der Waals surface area contributed by atoms with Gasteiger partial charge in [0.05, 0.1) is 13.2 Å². The molecule has 1 unspecified atom stereocenters. The number of methoxy groups -OCH3 is 1. The van der Waals surface area contributed by atoms with Crippen LogP contribution >= 0.6 is 0 Å². The minimum atomic E-state index is -0.292. The summed E-state index contributed by atoms with van der Waals surface area (Å²) in [7, 11) is 1.49. The average Bonchev–Trinajstić information content (AvgIpc) is 2.55. The van der Waals surface area contributed by atoms with Gasteiger partial charge in [0.2, 0.25) is 11.4 Å². The molecule has 0 aliphatic heterocycles. The van der Waals surface area contributed by atoms with Crippen molar-refractivity contribution in [2.45, 2.75) is 25.3 Å². The van der Waals surface area contributed by atoms with Crippen molar-refractivity contribution >= 4 is 5.91 Å². The minimum Gasteiger partial charge on any atom is -0.480 e. The largest absolute Gasteiger partial charge is 0.480 e. The Morgan fingerprint density at radius 2 is 2.18 bits per heavy atom. The number of nitrogens with zero attached hydrogens (tertiary/aromatic N) is 2. The van der Waals surface area contributed by atoms with E-state index in [9.17, 15) is 9.59 Å². The second-order valence-corrected chi connectivity index (χ2v) is 5.14. The van der Waals surface area contributed by atoms with Crippen molar-refractivity contribution in [1.82, 2.24) is 20.5 Å². The predicted molar refractivity (Wildman–Crippen MR) is 78.8 cm³/mol. The number of aromatic nitrogens is 3. The maximum Gasteiger partial charge on any atom is 0.272 e. The van der Waals surface area contributed by atoms with Crippen LogP contribution in [0, 0.1) is 0 Å². The summed E-state index contributed by atoms with van der Waals surface area (Å²) in [4.78, 5) is 26.5. The van der Waals surface area contributed by atoms with Crippen LogP contribution in [0.4, 0.5) is 0 Å². The van der Waals surface area contributed by atoms with Gasteiger partial charge in [-0.05, 0) is 37.0 Å². The van der Waals surface area contributed by atoms with Gasteiger partial charge in [0, 0.05) is 17.8 Å². The van der Waals surface area contributed by atoms with Gasteiger partial charge in [-0.25, -0.2) is 0 Å². The van der Waals surface area contributed by atoms with Gasteiger partial charge in [0.25, 0.3) is 5.91 Å². The topological polar surface area (TPSA) is 97.0 Å². The monoisotopic (exact) mass is 300 g/mol. The summed E-state index contributed by atoms with van der Waals surface area (Å²) >= 11 is 0. The maximum absolute atomic E-state index is 12.3. The lowest BCUT2D eigenvalue weighted by molar-refractivity contribution is 0.0926. The fourth-order valence-corrected chi connectivity index (χ4v) is 2.63. The van der Waals surface area contributed by atoms with E-state index in [-0.39, 0.29) is 23.2 Å². The van der Waals surface area contributed by atoms with Crippen molar-refractivity contribution in [2.75, 3.05) is 7.11 Å². The molecule has 1 aliphatic rings. The number of carbonyl (C=O) groups excluding carboxylic acids is 1. The van der Waals surface area contributed by atoms with Crippen LogP contribution in [0.2, 0.25) is 0 Å². The molecule has 7 nitrogen and oxygen atoms in total. The zero-order chi connectivity index (χ0) is 15.5. The molecule has 114 valence electrons. The Labute approximate surface area is 126 Å². The molecular formula is C15H16N4O3. The van der Waals surface area contributed by atoms with E-state index in [1.54, 1.807) is 18.2 Å². The highest BCUT2D eigenvalue weighted by Crippen LogP contribution is 2.27. The predicted octanol–water partition coefficient (Wildman–Crippen LogP) is 0.981. The highest BCUT2D eigenvalue weighted by Gasteiger charge is 2.23. The van der Waals surface area contributed by atoms with Gasteiger partial charge >= 0.3 is 0 Å². The van der Waals surface area contributed by atoms with Crippen molar-refractivity contribution in [3.63, 3.8) is 0 Å². The third kappa shape index (κ3) is 2.83. The molecule has 3 rings (SSSR count). The van der Waals surface area contributed by atoms with Gasteiger partial charge in [-0.1, -0.05) is 0 Å². The van der Waals surface area contributed by atoms with E-state index in [2.05, 4.69) is 20.5 Å². The van der Waals surface area contributed by atoms with Crippen molar-refractivity contribution in [3.05, 3.63) is 51.6 Å². The van der Waals surface area contributed by atoms with Crippen LogP contribution in [-0.2, 0) is 6.42 Å². The van der Waals surface area contributed by atoms with Gasteiger partial charge in [-0.3, -0.25) is 9.59 Å². The molecule has 0 fully saturated rings. The third-order valence-corrected chi connectivity index (χ3v) is 3.72. The fraction of sp³-hybridized carbons (Fsp3) is 0.333. The number of aromatic amines is 1.